The molecule has 1 aromatic carbocycles. The summed E-state index contributed by atoms with van der Waals surface area (Å²) in [6, 6.07) is 5.09. The fourth-order valence-electron chi connectivity index (χ4n) is 2.29. The van der Waals surface area contributed by atoms with Gasteiger partial charge in [0.1, 0.15) is 5.69 Å². The molecule has 0 aliphatic carbocycles. The lowest BCUT2D eigenvalue weighted by Gasteiger charge is -2.24. The topological polar surface area (TPSA) is 64.4 Å². The van der Waals surface area contributed by atoms with Gasteiger partial charge in [0.2, 0.25) is 0 Å². The van der Waals surface area contributed by atoms with Gasteiger partial charge in [0, 0.05) is 19.2 Å². The average molecular weight is 250 g/mol. The predicted molar refractivity (Wildman–Crippen MR) is 69.9 cm³/mol. The van der Waals surface area contributed by atoms with Crippen LogP contribution in [0.15, 0.2) is 18.2 Å². The highest BCUT2D eigenvalue weighted by molar-refractivity contribution is 5.66. The summed E-state index contributed by atoms with van der Waals surface area (Å²) in [5.41, 5.74) is 1.39. The van der Waals surface area contributed by atoms with E-state index in [-0.39, 0.29) is 16.2 Å². The first-order valence-electron chi connectivity index (χ1n) is 6.14. The summed E-state index contributed by atoms with van der Waals surface area (Å²) in [5, 5.41) is 14.2. The lowest BCUT2D eigenvalue weighted by Crippen LogP contribution is -2.32. The highest BCUT2D eigenvalue weighted by atomic mass is 16.6. The van der Waals surface area contributed by atoms with Gasteiger partial charge in [0.05, 0.1) is 10.5 Å². The van der Waals surface area contributed by atoms with Gasteiger partial charge in [0.25, 0.3) is 5.69 Å². The van der Waals surface area contributed by atoms with Gasteiger partial charge in [0.15, 0.2) is 0 Å². The summed E-state index contributed by atoms with van der Waals surface area (Å²) in [6.45, 7) is 5.27. The molecule has 98 valence electrons. The van der Waals surface area contributed by atoms with Gasteiger partial charge in [-0.15, -0.1) is 0 Å². The minimum Gasteiger partial charge on any atom is -0.376 e. The lowest BCUT2D eigenvalue weighted by molar-refractivity contribution is -0.384. The van der Waals surface area contributed by atoms with Crippen LogP contribution in [0.25, 0.3) is 0 Å². The van der Waals surface area contributed by atoms with Crippen molar-refractivity contribution in [2.45, 2.75) is 32.3 Å². The second-order valence-corrected chi connectivity index (χ2v) is 4.98. The van der Waals surface area contributed by atoms with E-state index in [1.54, 1.807) is 6.07 Å². The van der Waals surface area contributed by atoms with E-state index in [0.29, 0.717) is 12.2 Å². The molecule has 1 N–H and O–H groups in total. The maximum absolute atomic E-state index is 11.0. The Bertz CT molecular complexity index is 454. The molecule has 1 fully saturated rings. The Labute approximate surface area is 106 Å². The van der Waals surface area contributed by atoms with Crippen molar-refractivity contribution in [3.05, 3.63) is 33.9 Å². The van der Waals surface area contributed by atoms with Crippen molar-refractivity contribution in [3.8, 4) is 0 Å². The second-order valence-electron chi connectivity index (χ2n) is 4.98. The van der Waals surface area contributed by atoms with Crippen molar-refractivity contribution in [1.82, 2.24) is 0 Å². The number of nitrogens with one attached hydrogen (secondary N) is 1. The van der Waals surface area contributed by atoms with Gasteiger partial charge in [-0.05, 0) is 32.3 Å². The number of hydrogen-bond acceptors (Lipinski definition) is 4. The summed E-state index contributed by atoms with van der Waals surface area (Å²) in [4.78, 5) is 10.6. The zero-order valence-electron chi connectivity index (χ0n) is 10.7. The smallest absolute Gasteiger partial charge is 0.292 e. The van der Waals surface area contributed by atoms with Crippen molar-refractivity contribution >= 4 is 11.4 Å². The third-order valence-corrected chi connectivity index (χ3v) is 3.39. The molecule has 1 aliphatic rings. The first kappa shape index (κ1) is 12.8. The van der Waals surface area contributed by atoms with E-state index < -0.39 is 0 Å². The summed E-state index contributed by atoms with van der Waals surface area (Å²) >= 11 is 0. The third-order valence-electron chi connectivity index (χ3n) is 3.39. The van der Waals surface area contributed by atoms with Crippen molar-refractivity contribution in [1.29, 1.82) is 0 Å². The van der Waals surface area contributed by atoms with Crippen LogP contribution in [0, 0.1) is 17.0 Å². The van der Waals surface area contributed by atoms with Gasteiger partial charge in [-0.25, -0.2) is 0 Å². The van der Waals surface area contributed by atoms with Gasteiger partial charge < -0.3 is 10.1 Å². The first-order chi connectivity index (χ1) is 8.52. The molecule has 0 bridgehead atoms. The molecule has 18 heavy (non-hydrogen) atoms. The molecule has 1 aromatic rings. The van der Waals surface area contributed by atoms with Crippen molar-refractivity contribution in [2.24, 2.45) is 0 Å². The molecule has 1 heterocycles. The largest absolute Gasteiger partial charge is 0.376 e. The minimum atomic E-state index is -0.354. The number of nitro groups is 1. The van der Waals surface area contributed by atoms with E-state index in [2.05, 4.69) is 5.32 Å². The molecule has 5 nitrogen and oxygen atoms in total. The Hall–Kier alpha value is -1.62. The summed E-state index contributed by atoms with van der Waals surface area (Å²) in [7, 11) is 0. The zero-order chi connectivity index (χ0) is 13.2. The van der Waals surface area contributed by atoms with E-state index in [9.17, 15) is 10.1 Å². The molecule has 1 saturated heterocycles. The number of ether oxygens (including phenoxy) is 1. The molecule has 2 rings (SSSR count). The molecule has 1 aliphatic heterocycles. The highest BCUT2D eigenvalue weighted by Crippen LogP contribution is 2.30. The molecule has 1 atom stereocenters. The molecule has 0 aromatic heterocycles. The van der Waals surface area contributed by atoms with Crippen molar-refractivity contribution in [3.63, 3.8) is 0 Å². The van der Waals surface area contributed by atoms with E-state index in [1.807, 2.05) is 19.9 Å². The predicted octanol–water partition coefficient (Wildman–Crippen LogP) is 2.88. The van der Waals surface area contributed by atoms with Crippen molar-refractivity contribution in [2.75, 3.05) is 18.5 Å². The van der Waals surface area contributed by atoms with E-state index >= 15 is 0 Å². The number of benzene rings is 1. The Balaban J connectivity index is 2.15. The average Bonchev–Trinajstić information content (AvgIpc) is 2.74. The van der Waals surface area contributed by atoms with Crippen LogP contribution in [-0.2, 0) is 4.74 Å². The molecule has 0 saturated carbocycles. The minimum absolute atomic E-state index is 0.122. The van der Waals surface area contributed by atoms with Gasteiger partial charge >= 0.3 is 0 Å². The Kier molecular flexibility index (Phi) is 3.52. The van der Waals surface area contributed by atoms with Crippen LogP contribution in [0.3, 0.4) is 0 Å². The maximum atomic E-state index is 11.0. The first-order valence-corrected chi connectivity index (χ1v) is 6.14. The molecule has 0 spiro atoms. The van der Waals surface area contributed by atoms with E-state index in [4.69, 9.17) is 4.74 Å². The molecular weight excluding hydrogens is 232 g/mol. The number of rotatable bonds is 4. The van der Waals surface area contributed by atoms with Crippen LogP contribution < -0.4 is 5.32 Å². The quantitative estimate of drug-likeness (QED) is 0.659. The zero-order valence-corrected chi connectivity index (χ0v) is 10.7. The van der Waals surface area contributed by atoms with Crippen molar-refractivity contribution < 1.29 is 9.66 Å². The summed E-state index contributed by atoms with van der Waals surface area (Å²) in [6.07, 6.45) is 2.04. The van der Waals surface area contributed by atoms with Gasteiger partial charge in [-0.3, -0.25) is 10.1 Å². The molecule has 5 heteroatoms. The fourth-order valence-corrected chi connectivity index (χ4v) is 2.29. The maximum Gasteiger partial charge on any atom is 0.292 e. The molecule has 1 unspecified atom stereocenters. The number of hydrogen-bond donors (Lipinski definition) is 1. The SMILES string of the molecule is Cc1cccc([N+](=O)[O-])c1NCC1(C)CCCO1. The number of anilines is 1. The van der Waals surface area contributed by atoms with Crippen LogP contribution in [-0.4, -0.2) is 23.7 Å². The third kappa shape index (κ3) is 2.61. The lowest BCUT2D eigenvalue weighted by atomic mass is 10.0. The van der Waals surface area contributed by atoms with E-state index in [0.717, 1.165) is 25.0 Å². The Morgan fingerprint density at radius 2 is 2.33 bits per heavy atom. The standard InChI is InChI=1S/C13H18N2O3/c1-10-5-3-6-11(15(16)17)12(10)14-9-13(2)7-4-8-18-13/h3,5-6,14H,4,7-9H2,1-2H3. The second kappa shape index (κ2) is 4.94. The number of nitrogens with zero attached hydrogens (tertiary/aromatic N) is 1. The number of para-hydroxylation sites is 1. The Morgan fingerprint density at radius 1 is 1.56 bits per heavy atom. The van der Waals surface area contributed by atoms with Crippen LogP contribution >= 0.6 is 0 Å². The van der Waals surface area contributed by atoms with Crippen LogP contribution in [0.1, 0.15) is 25.3 Å². The fraction of sp³-hybridized carbons (Fsp3) is 0.538. The highest BCUT2D eigenvalue weighted by Gasteiger charge is 2.30. The van der Waals surface area contributed by atoms with E-state index in [1.165, 1.54) is 6.07 Å². The van der Waals surface area contributed by atoms with Gasteiger partial charge in [-0.2, -0.15) is 0 Å². The van der Waals surface area contributed by atoms with Crippen LogP contribution in [0.2, 0.25) is 0 Å². The summed E-state index contributed by atoms with van der Waals surface area (Å²) in [5.74, 6) is 0. The van der Waals surface area contributed by atoms with Gasteiger partial charge in [-0.1, -0.05) is 12.1 Å². The normalized spacial score (nSPS) is 23.0. The Morgan fingerprint density at radius 3 is 2.94 bits per heavy atom. The van der Waals surface area contributed by atoms with Crippen LogP contribution in [0.5, 0.6) is 0 Å². The van der Waals surface area contributed by atoms with Crippen LogP contribution in [0.4, 0.5) is 11.4 Å². The number of aryl methyl sites for hydroxylation is 1. The monoisotopic (exact) mass is 250 g/mol. The number of nitro benzene ring substituents is 1. The summed E-state index contributed by atoms with van der Waals surface area (Å²) < 4.78 is 5.67. The molecule has 0 radical (unpaired) electrons. The molecule has 0 amide bonds. The molecular formula is C13H18N2O3.